The maximum Gasteiger partial charge on any atom is 0.272 e. The first kappa shape index (κ1) is 19.0. The van der Waals surface area contributed by atoms with Gasteiger partial charge in [0.05, 0.1) is 27.7 Å². The number of H-pyrrole nitrogens is 1. The van der Waals surface area contributed by atoms with Crippen molar-refractivity contribution in [3.05, 3.63) is 88.8 Å². The molecule has 0 fully saturated rings. The Morgan fingerprint density at radius 3 is 2.58 bits per heavy atom. The van der Waals surface area contributed by atoms with E-state index in [1.807, 2.05) is 54.6 Å². The molecule has 7 nitrogen and oxygen atoms in total. The van der Waals surface area contributed by atoms with Gasteiger partial charge >= 0.3 is 0 Å². The minimum absolute atomic E-state index is 0.0234. The molecule has 3 aromatic carbocycles. The van der Waals surface area contributed by atoms with Crippen molar-refractivity contribution < 1.29 is 9.53 Å². The van der Waals surface area contributed by atoms with Gasteiger partial charge in [-0.25, -0.2) is 10.1 Å². The van der Waals surface area contributed by atoms with Crippen LogP contribution in [0.15, 0.2) is 77.6 Å². The second kappa shape index (κ2) is 8.00. The molecule has 5 rings (SSSR count). The maximum atomic E-state index is 12.6. The fourth-order valence-electron chi connectivity index (χ4n) is 3.27. The smallest absolute Gasteiger partial charge is 0.272 e. The first-order valence-electron chi connectivity index (χ1n) is 9.55. The van der Waals surface area contributed by atoms with Crippen LogP contribution in [0.1, 0.15) is 5.69 Å². The van der Waals surface area contributed by atoms with Crippen LogP contribution in [0.4, 0.5) is 5.13 Å². The molecule has 1 amide bonds. The van der Waals surface area contributed by atoms with Crippen LogP contribution in [-0.4, -0.2) is 21.1 Å². The number of amides is 1. The lowest BCUT2D eigenvalue weighted by molar-refractivity contribution is -0.115. The van der Waals surface area contributed by atoms with Crippen LogP contribution < -0.4 is 15.6 Å². The Morgan fingerprint density at radius 1 is 0.968 bits per heavy atom. The SMILES string of the molecule is O=C(Cc1n[nH]c(=O)c2ccccc12)Nc1nc2ccc(Oc3ccccc3)cc2s1. The van der Waals surface area contributed by atoms with Gasteiger partial charge in [0.15, 0.2) is 5.13 Å². The van der Waals surface area contributed by atoms with Gasteiger partial charge in [-0.1, -0.05) is 47.7 Å². The maximum absolute atomic E-state index is 12.6. The van der Waals surface area contributed by atoms with Crippen molar-refractivity contribution in [2.45, 2.75) is 6.42 Å². The van der Waals surface area contributed by atoms with Gasteiger partial charge in [0, 0.05) is 11.5 Å². The zero-order valence-electron chi connectivity index (χ0n) is 16.2. The Bertz CT molecular complexity index is 1460. The lowest BCUT2D eigenvalue weighted by Crippen LogP contribution is -2.18. The van der Waals surface area contributed by atoms with Crippen LogP contribution >= 0.6 is 11.3 Å². The molecule has 0 aliphatic rings. The van der Waals surface area contributed by atoms with Gasteiger partial charge in [-0.2, -0.15) is 5.10 Å². The Hall–Kier alpha value is -4.04. The first-order chi connectivity index (χ1) is 15.2. The molecule has 0 radical (unpaired) electrons. The largest absolute Gasteiger partial charge is 0.457 e. The Morgan fingerprint density at radius 2 is 1.74 bits per heavy atom. The summed E-state index contributed by atoms with van der Waals surface area (Å²) in [6, 6.07) is 22.2. The summed E-state index contributed by atoms with van der Waals surface area (Å²) < 4.78 is 6.76. The summed E-state index contributed by atoms with van der Waals surface area (Å²) >= 11 is 1.37. The number of carbonyl (C=O) groups excluding carboxylic acids is 1. The molecule has 0 saturated carbocycles. The molecule has 2 heterocycles. The monoisotopic (exact) mass is 428 g/mol. The van der Waals surface area contributed by atoms with E-state index < -0.39 is 0 Å². The molecule has 0 spiro atoms. The normalized spacial score (nSPS) is 11.0. The number of fused-ring (bicyclic) bond motifs is 2. The molecule has 0 atom stereocenters. The second-order valence-electron chi connectivity index (χ2n) is 6.83. The van der Waals surface area contributed by atoms with E-state index in [4.69, 9.17) is 4.74 Å². The predicted molar refractivity (Wildman–Crippen MR) is 121 cm³/mol. The second-order valence-corrected chi connectivity index (χ2v) is 7.86. The molecule has 8 heteroatoms. The number of thiazole rings is 1. The highest BCUT2D eigenvalue weighted by Crippen LogP contribution is 2.31. The summed E-state index contributed by atoms with van der Waals surface area (Å²) in [6.45, 7) is 0. The average Bonchev–Trinajstić information content (AvgIpc) is 3.18. The van der Waals surface area contributed by atoms with Crippen molar-refractivity contribution in [1.82, 2.24) is 15.2 Å². The summed E-state index contributed by atoms with van der Waals surface area (Å²) in [6.07, 6.45) is 0.0234. The lowest BCUT2D eigenvalue weighted by Gasteiger charge is -2.04. The van der Waals surface area contributed by atoms with Crippen LogP contribution in [-0.2, 0) is 11.2 Å². The van der Waals surface area contributed by atoms with Gasteiger partial charge in [-0.3, -0.25) is 9.59 Å². The fourth-order valence-corrected chi connectivity index (χ4v) is 4.18. The zero-order chi connectivity index (χ0) is 21.2. The van der Waals surface area contributed by atoms with Crippen LogP contribution in [0.25, 0.3) is 21.0 Å². The first-order valence-corrected chi connectivity index (χ1v) is 10.4. The van der Waals surface area contributed by atoms with E-state index in [-0.39, 0.29) is 17.9 Å². The third kappa shape index (κ3) is 4.01. The topological polar surface area (TPSA) is 97.0 Å². The van der Waals surface area contributed by atoms with Crippen LogP contribution in [0.2, 0.25) is 0 Å². The highest BCUT2D eigenvalue weighted by Gasteiger charge is 2.13. The van der Waals surface area contributed by atoms with Gasteiger partial charge in [0.1, 0.15) is 11.5 Å². The molecule has 0 unspecified atom stereocenters. The van der Waals surface area contributed by atoms with Crippen LogP contribution in [0, 0.1) is 0 Å². The van der Waals surface area contributed by atoms with Crippen LogP contribution in [0.5, 0.6) is 11.5 Å². The van der Waals surface area contributed by atoms with Crippen molar-refractivity contribution in [3.63, 3.8) is 0 Å². The lowest BCUT2D eigenvalue weighted by atomic mass is 10.1. The van der Waals surface area contributed by atoms with E-state index in [9.17, 15) is 9.59 Å². The number of aromatic amines is 1. The molecule has 31 heavy (non-hydrogen) atoms. The van der Waals surface area contributed by atoms with E-state index in [0.717, 1.165) is 16.0 Å². The molecule has 0 aliphatic carbocycles. The molecular formula is C23H16N4O3S. The quantitative estimate of drug-likeness (QED) is 0.429. The number of nitrogens with zero attached hydrogens (tertiary/aromatic N) is 2. The third-order valence-electron chi connectivity index (χ3n) is 4.69. The molecular weight excluding hydrogens is 412 g/mol. The molecule has 0 saturated heterocycles. The number of para-hydroxylation sites is 1. The van der Waals surface area contributed by atoms with Gasteiger partial charge in [-0.15, -0.1) is 0 Å². The minimum Gasteiger partial charge on any atom is -0.457 e. The van der Waals surface area contributed by atoms with Crippen molar-refractivity contribution >= 4 is 43.4 Å². The number of rotatable bonds is 5. The number of hydrogen-bond acceptors (Lipinski definition) is 6. The highest BCUT2D eigenvalue weighted by molar-refractivity contribution is 7.22. The van der Waals surface area contributed by atoms with Gasteiger partial charge in [-0.05, 0) is 30.3 Å². The number of carbonyl (C=O) groups is 1. The fraction of sp³-hybridized carbons (Fsp3) is 0.0435. The number of anilines is 1. The van der Waals surface area contributed by atoms with Crippen LogP contribution in [0.3, 0.4) is 0 Å². The molecule has 5 aromatic rings. The summed E-state index contributed by atoms with van der Waals surface area (Å²) in [5.41, 5.74) is 1.00. The molecule has 0 bridgehead atoms. The Kier molecular flexibility index (Phi) is 4.89. The molecule has 2 N–H and O–H groups in total. The number of ether oxygens (including phenoxy) is 1. The number of aromatic nitrogens is 3. The minimum atomic E-state index is -0.278. The molecule has 2 aromatic heterocycles. The summed E-state index contributed by atoms with van der Waals surface area (Å²) in [4.78, 5) is 29.0. The molecule has 0 aliphatic heterocycles. The van der Waals surface area contributed by atoms with E-state index in [0.29, 0.717) is 27.3 Å². The van der Waals surface area contributed by atoms with Crippen molar-refractivity contribution in [3.8, 4) is 11.5 Å². The van der Waals surface area contributed by atoms with Gasteiger partial charge in [0.2, 0.25) is 5.91 Å². The van der Waals surface area contributed by atoms with E-state index in [1.165, 1.54) is 11.3 Å². The third-order valence-corrected chi connectivity index (χ3v) is 5.62. The van der Waals surface area contributed by atoms with E-state index in [1.54, 1.807) is 18.2 Å². The Balaban J connectivity index is 1.34. The number of hydrogen-bond donors (Lipinski definition) is 2. The van der Waals surface area contributed by atoms with Crippen molar-refractivity contribution in [2.24, 2.45) is 0 Å². The van der Waals surface area contributed by atoms with E-state index in [2.05, 4.69) is 20.5 Å². The number of benzene rings is 3. The average molecular weight is 428 g/mol. The van der Waals surface area contributed by atoms with Crippen molar-refractivity contribution in [2.75, 3.05) is 5.32 Å². The summed E-state index contributed by atoms with van der Waals surface area (Å²) in [5, 5.41) is 11.0. The van der Waals surface area contributed by atoms with Gasteiger partial charge < -0.3 is 10.1 Å². The molecule has 152 valence electrons. The predicted octanol–water partition coefficient (Wildman–Crippen LogP) is 4.51. The highest BCUT2D eigenvalue weighted by atomic mass is 32.1. The number of nitrogens with one attached hydrogen (secondary N) is 2. The Labute approximate surface area is 180 Å². The van der Waals surface area contributed by atoms with E-state index >= 15 is 0 Å². The zero-order valence-corrected chi connectivity index (χ0v) is 17.0. The summed E-state index contributed by atoms with van der Waals surface area (Å²) in [7, 11) is 0. The standard InChI is InChI=1S/C23H16N4O3S/c28-21(13-19-16-8-4-5-9-17(16)22(29)27-26-19)25-23-24-18-11-10-15(12-20(18)31-23)30-14-6-2-1-3-7-14/h1-12H,13H2,(H,27,29)(H,24,25,28). The van der Waals surface area contributed by atoms with Crippen molar-refractivity contribution in [1.29, 1.82) is 0 Å². The van der Waals surface area contributed by atoms with Gasteiger partial charge in [0.25, 0.3) is 5.56 Å². The summed E-state index contributed by atoms with van der Waals surface area (Å²) in [5.74, 6) is 1.19.